The summed E-state index contributed by atoms with van der Waals surface area (Å²) in [4.78, 5) is 12.1. The molecule has 6 heteroatoms. The van der Waals surface area contributed by atoms with Crippen LogP contribution in [0.4, 0.5) is 10.1 Å². The maximum Gasteiger partial charge on any atom is 0.227 e. The summed E-state index contributed by atoms with van der Waals surface area (Å²) in [5.74, 6) is -0.247. The minimum Gasteiger partial charge on any atom is -0.330 e. The molecule has 3 nitrogen and oxygen atoms in total. The van der Waals surface area contributed by atoms with E-state index in [9.17, 15) is 9.18 Å². The smallest absolute Gasteiger partial charge is 0.227 e. The highest BCUT2D eigenvalue weighted by Crippen LogP contribution is 2.31. The molecule has 110 valence electrons. The van der Waals surface area contributed by atoms with Gasteiger partial charge in [0.1, 0.15) is 0 Å². The molecule has 1 aliphatic rings. The molecule has 1 fully saturated rings. The maximum absolute atomic E-state index is 13.3. The summed E-state index contributed by atoms with van der Waals surface area (Å²) < 4.78 is 13.3. The molecular weight excluding hydrogens is 302 g/mol. The van der Waals surface area contributed by atoms with Crippen LogP contribution in [0.3, 0.4) is 0 Å². The summed E-state index contributed by atoms with van der Waals surface area (Å²) in [5.41, 5.74) is 6.05. The van der Waals surface area contributed by atoms with E-state index < -0.39 is 5.82 Å². The zero-order valence-corrected chi connectivity index (χ0v) is 12.5. The van der Waals surface area contributed by atoms with Gasteiger partial charge in [0.2, 0.25) is 5.91 Å². The van der Waals surface area contributed by atoms with Gasteiger partial charge in [0.15, 0.2) is 5.82 Å². The highest BCUT2D eigenvalue weighted by molar-refractivity contribution is 6.35. The molecule has 0 saturated heterocycles. The van der Waals surface area contributed by atoms with Gasteiger partial charge in [0, 0.05) is 11.6 Å². The number of anilines is 1. The molecule has 0 spiro atoms. The van der Waals surface area contributed by atoms with Crippen LogP contribution in [-0.4, -0.2) is 12.5 Å². The van der Waals surface area contributed by atoms with Gasteiger partial charge in [-0.1, -0.05) is 23.2 Å². The van der Waals surface area contributed by atoms with E-state index in [-0.39, 0.29) is 21.9 Å². The number of hydrogen-bond acceptors (Lipinski definition) is 2. The average Bonchev–Trinajstić information content (AvgIpc) is 2.44. The molecule has 0 bridgehead atoms. The molecule has 1 aromatic rings. The van der Waals surface area contributed by atoms with Crippen LogP contribution in [-0.2, 0) is 4.79 Å². The van der Waals surface area contributed by atoms with Gasteiger partial charge in [-0.05, 0) is 50.3 Å². The molecule has 0 aliphatic heterocycles. The summed E-state index contributed by atoms with van der Waals surface area (Å²) in [6.07, 6.45) is 3.60. The van der Waals surface area contributed by atoms with E-state index in [1.165, 1.54) is 12.1 Å². The second-order valence-electron chi connectivity index (χ2n) is 5.20. The first kappa shape index (κ1) is 15.5. The van der Waals surface area contributed by atoms with Crippen molar-refractivity contribution in [3.63, 3.8) is 0 Å². The normalized spacial score (nSPS) is 22.6. The number of carbonyl (C=O) groups is 1. The molecule has 3 N–H and O–H groups in total. The molecule has 0 radical (unpaired) electrons. The van der Waals surface area contributed by atoms with Crippen LogP contribution >= 0.6 is 23.2 Å². The van der Waals surface area contributed by atoms with Crippen molar-refractivity contribution in [2.24, 2.45) is 17.6 Å². The predicted molar refractivity (Wildman–Crippen MR) is 79.6 cm³/mol. The van der Waals surface area contributed by atoms with Crippen molar-refractivity contribution >= 4 is 34.8 Å². The first-order valence-electron chi connectivity index (χ1n) is 6.66. The fourth-order valence-corrected chi connectivity index (χ4v) is 3.02. The van der Waals surface area contributed by atoms with Gasteiger partial charge < -0.3 is 11.1 Å². The van der Waals surface area contributed by atoms with E-state index in [4.69, 9.17) is 28.9 Å². The molecule has 1 aromatic carbocycles. The van der Waals surface area contributed by atoms with Gasteiger partial charge >= 0.3 is 0 Å². The predicted octanol–water partition coefficient (Wildman–Crippen LogP) is 3.84. The van der Waals surface area contributed by atoms with Gasteiger partial charge in [-0.3, -0.25) is 4.79 Å². The number of nitrogens with one attached hydrogen (secondary N) is 1. The topological polar surface area (TPSA) is 55.1 Å². The average molecular weight is 319 g/mol. The number of halogens is 3. The zero-order chi connectivity index (χ0) is 14.7. The second-order valence-corrected chi connectivity index (χ2v) is 6.01. The van der Waals surface area contributed by atoms with Crippen molar-refractivity contribution in [2.45, 2.75) is 25.7 Å². The van der Waals surface area contributed by atoms with Crippen LogP contribution in [0, 0.1) is 17.7 Å². The van der Waals surface area contributed by atoms with Crippen molar-refractivity contribution in [3.8, 4) is 0 Å². The maximum atomic E-state index is 13.3. The van der Waals surface area contributed by atoms with Crippen LogP contribution in [0.25, 0.3) is 0 Å². The third-order valence-corrected chi connectivity index (χ3v) is 4.35. The number of hydrogen-bond donors (Lipinski definition) is 2. The van der Waals surface area contributed by atoms with Crippen molar-refractivity contribution in [3.05, 3.63) is 28.0 Å². The molecule has 0 unspecified atom stereocenters. The molecule has 1 aliphatic carbocycles. The summed E-state index contributed by atoms with van der Waals surface area (Å²) >= 11 is 11.4. The first-order valence-corrected chi connectivity index (χ1v) is 7.42. The Kier molecular flexibility index (Phi) is 5.24. The molecule has 0 heterocycles. The number of nitrogens with two attached hydrogens (primary N) is 1. The van der Waals surface area contributed by atoms with E-state index in [1.54, 1.807) is 0 Å². The Morgan fingerprint density at radius 2 is 1.80 bits per heavy atom. The lowest BCUT2D eigenvalue weighted by Crippen LogP contribution is -2.29. The van der Waals surface area contributed by atoms with Gasteiger partial charge in [0.25, 0.3) is 0 Å². The van der Waals surface area contributed by atoms with Crippen LogP contribution < -0.4 is 11.1 Å². The summed E-state index contributed by atoms with van der Waals surface area (Å²) in [6.45, 7) is 0.678. The van der Waals surface area contributed by atoms with E-state index in [2.05, 4.69) is 5.32 Å². The highest BCUT2D eigenvalue weighted by atomic mass is 35.5. The Morgan fingerprint density at radius 3 is 2.30 bits per heavy atom. The van der Waals surface area contributed by atoms with Gasteiger partial charge in [0.05, 0.1) is 10.0 Å². The van der Waals surface area contributed by atoms with Crippen LogP contribution in [0.15, 0.2) is 12.1 Å². The zero-order valence-electron chi connectivity index (χ0n) is 11.0. The summed E-state index contributed by atoms with van der Waals surface area (Å²) in [5, 5.41) is 2.55. The third kappa shape index (κ3) is 3.62. The number of amides is 1. The Morgan fingerprint density at radius 1 is 1.25 bits per heavy atom. The van der Waals surface area contributed by atoms with Gasteiger partial charge in [-0.25, -0.2) is 4.39 Å². The van der Waals surface area contributed by atoms with Crippen molar-refractivity contribution in [2.75, 3.05) is 11.9 Å². The SMILES string of the molecule is NCC1CCC(C(=O)Nc2cc(Cl)c(F)c(Cl)c2)CC1. The molecule has 0 atom stereocenters. The number of rotatable bonds is 3. The lowest BCUT2D eigenvalue weighted by atomic mass is 9.81. The van der Waals surface area contributed by atoms with Crippen molar-refractivity contribution in [1.82, 2.24) is 0 Å². The Labute approximate surface area is 127 Å². The Balaban J connectivity index is 1.98. The van der Waals surface area contributed by atoms with Crippen molar-refractivity contribution in [1.29, 1.82) is 0 Å². The third-order valence-electron chi connectivity index (χ3n) is 3.80. The first-order chi connectivity index (χ1) is 9.51. The lowest BCUT2D eigenvalue weighted by Gasteiger charge is -2.26. The standard InChI is InChI=1S/C14H17Cl2FN2O/c15-11-5-10(6-12(16)13(11)17)19-14(20)9-3-1-8(7-18)2-4-9/h5-6,8-9H,1-4,7,18H2,(H,19,20). The summed E-state index contributed by atoms with van der Waals surface area (Å²) in [7, 11) is 0. The fraction of sp³-hybridized carbons (Fsp3) is 0.500. The molecule has 1 saturated carbocycles. The Bertz CT molecular complexity index is 479. The lowest BCUT2D eigenvalue weighted by molar-refractivity contribution is -0.121. The van der Waals surface area contributed by atoms with Crippen molar-refractivity contribution < 1.29 is 9.18 Å². The van der Waals surface area contributed by atoms with E-state index in [0.717, 1.165) is 25.7 Å². The van der Waals surface area contributed by atoms with E-state index in [1.807, 2.05) is 0 Å². The number of benzene rings is 1. The van der Waals surface area contributed by atoms with Gasteiger partial charge in [-0.15, -0.1) is 0 Å². The molecular formula is C14H17Cl2FN2O. The molecule has 2 rings (SSSR count). The quantitative estimate of drug-likeness (QED) is 0.832. The minimum atomic E-state index is -0.671. The Hall–Kier alpha value is -0.840. The summed E-state index contributed by atoms with van der Waals surface area (Å²) in [6, 6.07) is 2.73. The van der Waals surface area contributed by atoms with Gasteiger partial charge in [-0.2, -0.15) is 0 Å². The molecule has 20 heavy (non-hydrogen) atoms. The fourth-order valence-electron chi connectivity index (χ4n) is 2.53. The molecule has 0 aromatic heterocycles. The number of carbonyl (C=O) groups excluding carboxylic acids is 1. The highest BCUT2D eigenvalue weighted by Gasteiger charge is 2.25. The van der Waals surface area contributed by atoms with Crippen LogP contribution in [0.2, 0.25) is 10.0 Å². The van der Waals surface area contributed by atoms with E-state index in [0.29, 0.717) is 18.2 Å². The second kappa shape index (κ2) is 6.74. The van der Waals surface area contributed by atoms with Crippen LogP contribution in [0.5, 0.6) is 0 Å². The molecule has 1 amide bonds. The monoisotopic (exact) mass is 318 g/mol. The van der Waals surface area contributed by atoms with Crippen LogP contribution in [0.1, 0.15) is 25.7 Å². The minimum absolute atomic E-state index is 0.0274. The van der Waals surface area contributed by atoms with E-state index >= 15 is 0 Å². The largest absolute Gasteiger partial charge is 0.330 e.